The number of carbonyl (C=O) groups excluding carboxylic acids is 1. The van der Waals surface area contributed by atoms with Crippen molar-refractivity contribution in [3.8, 4) is 5.75 Å². The predicted octanol–water partition coefficient (Wildman–Crippen LogP) is 4.04. The number of thiazole rings is 1. The zero-order valence-electron chi connectivity index (χ0n) is 16.5. The van der Waals surface area contributed by atoms with Gasteiger partial charge in [0.25, 0.3) is 5.91 Å². The van der Waals surface area contributed by atoms with Crippen LogP contribution in [0.15, 0.2) is 30.5 Å². The number of aromatic nitrogens is 3. The minimum Gasteiger partial charge on any atom is -0.406 e. The van der Waals surface area contributed by atoms with Gasteiger partial charge in [-0.15, -0.1) is 25.6 Å². The predicted molar refractivity (Wildman–Crippen MR) is 112 cm³/mol. The van der Waals surface area contributed by atoms with Crippen LogP contribution in [0.3, 0.4) is 0 Å². The average Bonchev–Trinajstić information content (AvgIpc) is 3.26. The van der Waals surface area contributed by atoms with Crippen LogP contribution in [0.2, 0.25) is 0 Å². The number of halogens is 4. The van der Waals surface area contributed by atoms with E-state index in [0.29, 0.717) is 40.7 Å². The molecule has 1 amide bonds. The summed E-state index contributed by atoms with van der Waals surface area (Å²) in [5, 5.41) is 4.54. The lowest BCUT2D eigenvalue weighted by atomic mass is 10.3. The Morgan fingerprint density at radius 3 is 2.60 bits per heavy atom. The van der Waals surface area contributed by atoms with Crippen molar-refractivity contribution in [1.82, 2.24) is 19.7 Å². The molecule has 30 heavy (non-hydrogen) atoms. The van der Waals surface area contributed by atoms with Gasteiger partial charge < -0.3 is 9.64 Å². The Morgan fingerprint density at radius 2 is 1.97 bits per heavy atom. The molecule has 0 spiro atoms. The molecular weight excluding hydrogens is 443 g/mol. The third-order valence-corrected chi connectivity index (χ3v) is 5.11. The smallest absolute Gasteiger partial charge is 0.406 e. The zero-order valence-corrected chi connectivity index (χ0v) is 18.1. The first-order valence-electron chi connectivity index (χ1n) is 8.82. The monoisotopic (exact) mass is 463 g/mol. The molecule has 3 aromatic rings. The number of hydrogen-bond acceptors (Lipinski definition) is 6. The molecule has 3 rings (SSSR count). The first kappa shape index (κ1) is 23.9. The molecule has 0 atom stereocenters. The van der Waals surface area contributed by atoms with Crippen LogP contribution >= 0.6 is 23.7 Å². The Labute approximate surface area is 181 Å². The highest BCUT2D eigenvalue weighted by molar-refractivity contribution is 7.22. The molecule has 2 heterocycles. The SMILES string of the molecule is CCn1nccc1C(=O)N(CCN(C)C)c1nc2ccc(OC(F)(F)F)cc2s1.Cl. The number of aryl methyl sites for hydroxylation is 1. The number of anilines is 1. The second kappa shape index (κ2) is 9.63. The quantitative estimate of drug-likeness (QED) is 0.529. The molecule has 164 valence electrons. The normalized spacial score (nSPS) is 11.6. The molecule has 0 radical (unpaired) electrons. The van der Waals surface area contributed by atoms with Gasteiger partial charge >= 0.3 is 6.36 Å². The molecule has 0 fully saturated rings. The minimum absolute atomic E-state index is 0. The highest BCUT2D eigenvalue weighted by Crippen LogP contribution is 2.33. The minimum atomic E-state index is -4.77. The Balaban J connectivity index is 0.00000320. The van der Waals surface area contributed by atoms with Crippen LogP contribution in [0.4, 0.5) is 18.3 Å². The van der Waals surface area contributed by atoms with Crippen molar-refractivity contribution in [3.63, 3.8) is 0 Å². The number of amides is 1. The van der Waals surface area contributed by atoms with Crippen LogP contribution in [0.1, 0.15) is 17.4 Å². The van der Waals surface area contributed by atoms with Crippen LogP contribution in [-0.2, 0) is 6.54 Å². The molecule has 1 aromatic carbocycles. The first-order valence-corrected chi connectivity index (χ1v) is 9.64. The summed E-state index contributed by atoms with van der Waals surface area (Å²) in [5.41, 5.74) is 0.915. The lowest BCUT2D eigenvalue weighted by Crippen LogP contribution is -2.37. The van der Waals surface area contributed by atoms with Crippen LogP contribution in [0.25, 0.3) is 10.2 Å². The largest absolute Gasteiger partial charge is 0.573 e. The van der Waals surface area contributed by atoms with Crippen LogP contribution < -0.4 is 9.64 Å². The maximum Gasteiger partial charge on any atom is 0.573 e. The van der Waals surface area contributed by atoms with Gasteiger partial charge in [0, 0.05) is 31.9 Å². The summed E-state index contributed by atoms with van der Waals surface area (Å²) in [5.74, 6) is -0.590. The first-order chi connectivity index (χ1) is 13.7. The Hall–Kier alpha value is -2.37. The molecule has 0 saturated heterocycles. The number of benzene rings is 1. The lowest BCUT2D eigenvalue weighted by Gasteiger charge is -2.22. The van der Waals surface area contributed by atoms with Gasteiger partial charge in [0.2, 0.25) is 0 Å². The van der Waals surface area contributed by atoms with Gasteiger partial charge in [0.1, 0.15) is 11.4 Å². The summed E-state index contributed by atoms with van der Waals surface area (Å²) in [4.78, 5) is 21.1. The molecule has 0 aliphatic heterocycles. The number of ether oxygens (including phenoxy) is 1. The van der Waals surface area contributed by atoms with E-state index in [1.807, 2.05) is 25.9 Å². The summed E-state index contributed by atoms with van der Waals surface area (Å²) in [7, 11) is 3.77. The van der Waals surface area contributed by atoms with Crippen LogP contribution in [0.5, 0.6) is 5.75 Å². The fourth-order valence-corrected chi connectivity index (χ4v) is 3.71. The maximum absolute atomic E-state index is 13.2. The van der Waals surface area contributed by atoms with E-state index in [2.05, 4.69) is 14.8 Å². The van der Waals surface area contributed by atoms with Crippen molar-refractivity contribution in [2.45, 2.75) is 19.8 Å². The summed E-state index contributed by atoms with van der Waals surface area (Å²) in [6.45, 7) is 3.37. The molecular formula is C18H21ClF3N5O2S. The van der Waals surface area contributed by atoms with E-state index in [1.54, 1.807) is 16.9 Å². The molecule has 0 saturated carbocycles. The van der Waals surface area contributed by atoms with E-state index in [1.165, 1.54) is 23.1 Å². The zero-order chi connectivity index (χ0) is 21.2. The molecule has 12 heteroatoms. The van der Waals surface area contributed by atoms with Gasteiger partial charge in [-0.25, -0.2) is 4.98 Å². The van der Waals surface area contributed by atoms with Gasteiger partial charge in [0.05, 0.1) is 10.2 Å². The Kier molecular flexibility index (Phi) is 7.67. The number of fused-ring (bicyclic) bond motifs is 1. The number of hydrogen-bond donors (Lipinski definition) is 0. The van der Waals surface area contributed by atoms with E-state index < -0.39 is 6.36 Å². The van der Waals surface area contributed by atoms with Gasteiger partial charge in [-0.1, -0.05) is 11.3 Å². The Morgan fingerprint density at radius 1 is 1.23 bits per heavy atom. The number of carbonyl (C=O) groups is 1. The van der Waals surface area contributed by atoms with Crippen LogP contribution in [0, 0.1) is 0 Å². The Bertz CT molecular complexity index is 1010. The van der Waals surface area contributed by atoms with Crippen molar-refractivity contribution < 1.29 is 22.7 Å². The van der Waals surface area contributed by atoms with E-state index in [9.17, 15) is 18.0 Å². The molecule has 2 aromatic heterocycles. The van der Waals surface area contributed by atoms with E-state index >= 15 is 0 Å². The number of alkyl halides is 3. The van der Waals surface area contributed by atoms with Gasteiger partial charge in [-0.2, -0.15) is 5.10 Å². The van der Waals surface area contributed by atoms with Gasteiger partial charge in [0.15, 0.2) is 5.13 Å². The van der Waals surface area contributed by atoms with Crippen molar-refractivity contribution in [1.29, 1.82) is 0 Å². The maximum atomic E-state index is 13.2. The summed E-state index contributed by atoms with van der Waals surface area (Å²) >= 11 is 1.13. The standard InChI is InChI=1S/C18H20F3N5O2S.ClH/c1-4-26-14(7-8-22-26)16(27)25(10-9-24(2)3)17-23-13-6-5-12(11-15(13)29-17)28-18(19,20)21;/h5-8,11H,4,9-10H2,1-3H3;1H. The molecule has 0 unspecified atom stereocenters. The lowest BCUT2D eigenvalue weighted by molar-refractivity contribution is -0.274. The number of nitrogens with zero attached hydrogens (tertiary/aromatic N) is 5. The molecule has 0 aliphatic rings. The number of rotatable bonds is 7. The third-order valence-electron chi connectivity index (χ3n) is 4.06. The van der Waals surface area contributed by atoms with Crippen molar-refractivity contribution in [2.24, 2.45) is 0 Å². The fourth-order valence-electron chi connectivity index (χ4n) is 2.69. The summed E-state index contributed by atoms with van der Waals surface area (Å²) < 4.78 is 43.5. The van der Waals surface area contributed by atoms with Crippen LogP contribution in [-0.4, -0.2) is 59.1 Å². The van der Waals surface area contributed by atoms with Crippen molar-refractivity contribution >= 4 is 45.0 Å². The topological polar surface area (TPSA) is 63.5 Å². The van der Waals surface area contributed by atoms with E-state index in [4.69, 9.17) is 0 Å². The second-order valence-electron chi connectivity index (χ2n) is 6.47. The average molecular weight is 464 g/mol. The highest BCUT2D eigenvalue weighted by atomic mass is 35.5. The number of likely N-dealkylation sites (N-methyl/N-ethyl adjacent to an activating group) is 1. The fraction of sp³-hybridized carbons (Fsp3) is 0.389. The van der Waals surface area contributed by atoms with Crippen molar-refractivity contribution in [3.05, 3.63) is 36.2 Å². The molecule has 0 bridgehead atoms. The van der Waals surface area contributed by atoms with Gasteiger partial charge in [-0.05, 0) is 39.2 Å². The molecule has 0 N–H and O–H groups in total. The van der Waals surface area contributed by atoms with E-state index in [-0.39, 0.29) is 24.1 Å². The van der Waals surface area contributed by atoms with E-state index in [0.717, 1.165) is 11.3 Å². The molecule has 7 nitrogen and oxygen atoms in total. The highest BCUT2D eigenvalue weighted by Gasteiger charge is 2.31. The summed E-state index contributed by atoms with van der Waals surface area (Å²) in [6.07, 6.45) is -3.21. The second-order valence-corrected chi connectivity index (χ2v) is 7.48. The van der Waals surface area contributed by atoms with Crippen molar-refractivity contribution in [2.75, 3.05) is 32.1 Å². The van der Waals surface area contributed by atoms with Gasteiger partial charge in [-0.3, -0.25) is 14.4 Å². The third kappa shape index (κ3) is 5.61. The summed E-state index contributed by atoms with van der Waals surface area (Å²) in [6, 6.07) is 5.56. The molecule has 0 aliphatic carbocycles.